The normalized spacial score (nSPS) is 14.5. The molecule has 0 atom stereocenters. The van der Waals surface area contributed by atoms with Gasteiger partial charge in [0.25, 0.3) is 0 Å². The van der Waals surface area contributed by atoms with E-state index in [0.717, 1.165) is 35.4 Å². The lowest BCUT2D eigenvalue weighted by molar-refractivity contribution is -0.126. The smallest absolute Gasteiger partial charge is 0.246 e. The molecule has 0 unspecified atom stereocenters. The standard InChI is InChI=1S/C22H22F2N6O/c1-15-11-16(2)30(27-15)21-13-20(25-14-26-21)28-7-9-29(10-8-28)22(31)6-3-17-12-18(23)4-5-19(17)24/h3-6,11-14H,7-10H2,1-2H3/b6-3+. The zero-order valence-electron chi connectivity index (χ0n) is 17.3. The van der Waals surface area contributed by atoms with E-state index in [-0.39, 0.29) is 11.5 Å². The van der Waals surface area contributed by atoms with Crippen LogP contribution < -0.4 is 4.90 Å². The van der Waals surface area contributed by atoms with E-state index in [0.29, 0.717) is 32.0 Å². The molecule has 3 heterocycles. The molecular weight excluding hydrogens is 402 g/mol. The van der Waals surface area contributed by atoms with Gasteiger partial charge in [-0.15, -0.1) is 0 Å². The van der Waals surface area contributed by atoms with Crippen molar-refractivity contribution in [3.8, 4) is 5.82 Å². The average molecular weight is 424 g/mol. The van der Waals surface area contributed by atoms with Crippen molar-refractivity contribution in [1.82, 2.24) is 24.6 Å². The van der Waals surface area contributed by atoms with Crippen LogP contribution in [0.4, 0.5) is 14.6 Å². The summed E-state index contributed by atoms with van der Waals surface area (Å²) in [6.45, 7) is 6.08. The summed E-state index contributed by atoms with van der Waals surface area (Å²) in [4.78, 5) is 24.9. The molecule has 0 radical (unpaired) electrons. The maximum atomic E-state index is 13.7. The minimum Gasteiger partial charge on any atom is -0.353 e. The Hall–Kier alpha value is -3.62. The van der Waals surface area contributed by atoms with Gasteiger partial charge in [-0.3, -0.25) is 4.79 Å². The van der Waals surface area contributed by atoms with Gasteiger partial charge in [-0.05, 0) is 44.2 Å². The molecule has 0 saturated carbocycles. The van der Waals surface area contributed by atoms with Crippen LogP contribution in [-0.2, 0) is 4.79 Å². The Labute approximate surface area is 178 Å². The number of piperazine rings is 1. The number of carbonyl (C=O) groups excluding carboxylic acids is 1. The molecule has 1 fully saturated rings. The second kappa shape index (κ2) is 8.63. The van der Waals surface area contributed by atoms with E-state index in [4.69, 9.17) is 0 Å². The summed E-state index contributed by atoms with van der Waals surface area (Å²) in [6, 6.07) is 7.01. The summed E-state index contributed by atoms with van der Waals surface area (Å²) >= 11 is 0. The molecule has 0 spiro atoms. The molecule has 31 heavy (non-hydrogen) atoms. The number of rotatable bonds is 4. The van der Waals surface area contributed by atoms with Crippen LogP contribution in [0.2, 0.25) is 0 Å². The topological polar surface area (TPSA) is 67.2 Å². The first-order valence-electron chi connectivity index (χ1n) is 9.93. The number of aryl methyl sites for hydroxylation is 2. The van der Waals surface area contributed by atoms with Crippen LogP contribution in [0.3, 0.4) is 0 Å². The van der Waals surface area contributed by atoms with E-state index in [1.54, 1.807) is 9.58 Å². The first kappa shape index (κ1) is 20.6. The van der Waals surface area contributed by atoms with Crippen molar-refractivity contribution < 1.29 is 13.6 Å². The summed E-state index contributed by atoms with van der Waals surface area (Å²) in [5.74, 6) is 0.0924. The molecule has 160 valence electrons. The number of hydrogen-bond acceptors (Lipinski definition) is 5. The molecule has 2 aromatic heterocycles. The number of hydrogen-bond donors (Lipinski definition) is 0. The fraction of sp³-hybridized carbons (Fsp3) is 0.273. The van der Waals surface area contributed by atoms with Gasteiger partial charge in [0.2, 0.25) is 5.91 Å². The van der Waals surface area contributed by atoms with Crippen LogP contribution in [0, 0.1) is 25.5 Å². The molecule has 0 N–H and O–H groups in total. The van der Waals surface area contributed by atoms with Crippen LogP contribution in [0.15, 0.2) is 42.7 Å². The van der Waals surface area contributed by atoms with Gasteiger partial charge in [0.15, 0.2) is 5.82 Å². The van der Waals surface area contributed by atoms with Crippen molar-refractivity contribution in [1.29, 1.82) is 0 Å². The number of aromatic nitrogens is 4. The van der Waals surface area contributed by atoms with E-state index < -0.39 is 11.6 Å². The molecule has 7 nitrogen and oxygen atoms in total. The molecule has 1 aliphatic rings. The van der Waals surface area contributed by atoms with Gasteiger partial charge < -0.3 is 9.80 Å². The van der Waals surface area contributed by atoms with Gasteiger partial charge in [0.1, 0.15) is 23.8 Å². The van der Waals surface area contributed by atoms with Crippen molar-refractivity contribution in [2.75, 3.05) is 31.1 Å². The number of halogens is 2. The van der Waals surface area contributed by atoms with E-state index in [1.165, 1.54) is 18.5 Å². The predicted octanol–water partition coefficient (Wildman–Crippen LogP) is 2.92. The van der Waals surface area contributed by atoms with Crippen molar-refractivity contribution in [2.45, 2.75) is 13.8 Å². The fourth-order valence-corrected chi connectivity index (χ4v) is 3.55. The first-order chi connectivity index (χ1) is 14.9. The SMILES string of the molecule is Cc1cc(C)n(-c2cc(N3CCN(C(=O)/C=C/c4cc(F)ccc4F)CC3)ncn2)n1. The molecule has 3 aromatic rings. The van der Waals surface area contributed by atoms with Gasteiger partial charge in [0.05, 0.1) is 5.69 Å². The second-order valence-electron chi connectivity index (χ2n) is 7.38. The molecule has 1 amide bonds. The van der Waals surface area contributed by atoms with E-state index >= 15 is 0 Å². The van der Waals surface area contributed by atoms with Gasteiger partial charge in [0, 0.05) is 49.6 Å². The highest BCUT2D eigenvalue weighted by molar-refractivity contribution is 5.92. The summed E-state index contributed by atoms with van der Waals surface area (Å²) in [5, 5.41) is 4.46. The largest absolute Gasteiger partial charge is 0.353 e. The quantitative estimate of drug-likeness (QED) is 0.603. The van der Waals surface area contributed by atoms with Crippen molar-refractivity contribution in [3.63, 3.8) is 0 Å². The van der Waals surface area contributed by atoms with Gasteiger partial charge >= 0.3 is 0 Å². The lowest BCUT2D eigenvalue weighted by atomic mass is 10.2. The highest BCUT2D eigenvalue weighted by atomic mass is 19.1. The lowest BCUT2D eigenvalue weighted by Gasteiger charge is -2.35. The number of benzene rings is 1. The summed E-state index contributed by atoms with van der Waals surface area (Å²) in [5.41, 5.74) is 1.94. The van der Waals surface area contributed by atoms with Crippen LogP contribution in [-0.4, -0.2) is 56.7 Å². The molecule has 1 saturated heterocycles. The Morgan fingerprint density at radius 2 is 1.74 bits per heavy atom. The second-order valence-corrected chi connectivity index (χ2v) is 7.38. The maximum Gasteiger partial charge on any atom is 0.246 e. The number of carbonyl (C=O) groups is 1. The third-order valence-corrected chi connectivity index (χ3v) is 5.14. The Balaban J connectivity index is 1.40. The van der Waals surface area contributed by atoms with Gasteiger partial charge in [-0.1, -0.05) is 0 Å². The van der Waals surface area contributed by atoms with Crippen LogP contribution in [0.25, 0.3) is 11.9 Å². The van der Waals surface area contributed by atoms with Crippen LogP contribution >= 0.6 is 0 Å². The number of anilines is 1. The highest BCUT2D eigenvalue weighted by Gasteiger charge is 2.21. The Morgan fingerprint density at radius 3 is 2.45 bits per heavy atom. The third-order valence-electron chi connectivity index (χ3n) is 5.14. The zero-order valence-corrected chi connectivity index (χ0v) is 17.3. The molecule has 0 aliphatic carbocycles. The van der Waals surface area contributed by atoms with Gasteiger partial charge in [-0.25, -0.2) is 23.4 Å². The average Bonchev–Trinajstić information content (AvgIpc) is 3.12. The van der Waals surface area contributed by atoms with Gasteiger partial charge in [-0.2, -0.15) is 5.10 Å². The van der Waals surface area contributed by atoms with Crippen molar-refractivity contribution in [3.05, 3.63) is 71.3 Å². The maximum absolute atomic E-state index is 13.7. The van der Waals surface area contributed by atoms with Crippen LogP contribution in [0.1, 0.15) is 17.0 Å². The molecule has 9 heteroatoms. The van der Waals surface area contributed by atoms with Crippen molar-refractivity contribution in [2.24, 2.45) is 0 Å². The molecule has 4 rings (SSSR count). The monoisotopic (exact) mass is 424 g/mol. The number of amides is 1. The third kappa shape index (κ3) is 4.60. The van der Waals surface area contributed by atoms with Crippen molar-refractivity contribution >= 4 is 17.8 Å². The summed E-state index contributed by atoms with van der Waals surface area (Å²) < 4.78 is 28.8. The van der Waals surface area contributed by atoms with E-state index in [9.17, 15) is 13.6 Å². The predicted molar refractivity (Wildman–Crippen MR) is 113 cm³/mol. The molecule has 1 aromatic carbocycles. The van der Waals surface area contributed by atoms with E-state index in [2.05, 4.69) is 20.0 Å². The minimum atomic E-state index is -0.572. The lowest BCUT2D eigenvalue weighted by Crippen LogP contribution is -2.48. The molecule has 1 aliphatic heterocycles. The Morgan fingerprint density at radius 1 is 1.00 bits per heavy atom. The molecular formula is C22H22F2N6O. The number of nitrogens with zero attached hydrogens (tertiary/aromatic N) is 6. The van der Waals surface area contributed by atoms with E-state index in [1.807, 2.05) is 26.0 Å². The highest BCUT2D eigenvalue weighted by Crippen LogP contribution is 2.18. The summed E-state index contributed by atoms with van der Waals surface area (Å²) in [7, 11) is 0. The van der Waals surface area contributed by atoms with Crippen LogP contribution in [0.5, 0.6) is 0 Å². The zero-order chi connectivity index (χ0) is 22.0. The first-order valence-corrected chi connectivity index (χ1v) is 9.93. The fourth-order valence-electron chi connectivity index (χ4n) is 3.55. The minimum absolute atomic E-state index is 0.0460. The summed E-state index contributed by atoms with van der Waals surface area (Å²) in [6.07, 6.45) is 4.09. The molecule has 0 bridgehead atoms. The Kier molecular flexibility index (Phi) is 5.75. The Bertz CT molecular complexity index is 1130.